The van der Waals surface area contributed by atoms with E-state index < -0.39 is 23.7 Å². The molecule has 0 aromatic heterocycles. The average molecular weight is 477 g/mol. The standard InChI is InChI=1S/C24H35F3O6/c25-24(26,27)19-14-15-20(21(18-19)33-17-11-13-23(30)31)32-16-10-8-6-4-2-1-3-5-7-9-12-22(28)29/h14-15,18H,1-13,16-17H2,(H,28,29)(H,30,31). The van der Waals surface area contributed by atoms with Gasteiger partial charge in [-0.1, -0.05) is 51.4 Å². The molecule has 0 bridgehead atoms. The summed E-state index contributed by atoms with van der Waals surface area (Å²) in [7, 11) is 0. The Hall–Kier alpha value is -2.45. The smallest absolute Gasteiger partial charge is 0.416 e. The van der Waals surface area contributed by atoms with Crippen molar-refractivity contribution >= 4 is 11.9 Å². The third-order valence-electron chi connectivity index (χ3n) is 5.11. The van der Waals surface area contributed by atoms with Gasteiger partial charge >= 0.3 is 18.1 Å². The number of unbranched alkanes of at least 4 members (excludes halogenated alkanes) is 9. The molecule has 188 valence electrons. The minimum atomic E-state index is -4.50. The molecule has 0 unspecified atom stereocenters. The van der Waals surface area contributed by atoms with Crippen LogP contribution in [0.15, 0.2) is 18.2 Å². The highest BCUT2D eigenvalue weighted by Crippen LogP contribution is 2.36. The van der Waals surface area contributed by atoms with Crippen LogP contribution in [0, 0.1) is 0 Å². The predicted octanol–water partition coefficient (Wildman–Crippen LogP) is 6.70. The molecular weight excluding hydrogens is 441 g/mol. The zero-order chi connectivity index (χ0) is 24.5. The fourth-order valence-corrected chi connectivity index (χ4v) is 3.30. The van der Waals surface area contributed by atoms with Gasteiger partial charge in [0.2, 0.25) is 0 Å². The highest BCUT2D eigenvalue weighted by Gasteiger charge is 2.31. The van der Waals surface area contributed by atoms with E-state index >= 15 is 0 Å². The number of alkyl halides is 3. The number of ether oxygens (including phenoxy) is 2. The van der Waals surface area contributed by atoms with Crippen LogP contribution in [0.25, 0.3) is 0 Å². The fourth-order valence-electron chi connectivity index (χ4n) is 3.30. The first-order valence-corrected chi connectivity index (χ1v) is 11.6. The SMILES string of the molecule is O=C(O)CCCCCCCCCCCCOc1ccc(C(F)(F)F)cc1OCCCC(=O)O. The summed E-state index contributed by atoms with van der Waals surface area (Å²) in [5.74, 6) is -1.54. The number of carboxylic acids is 2. The molecule has 1 rings (SSSR count). The molecule has 6 nitrogen and oxygen atoms in total. The average Bonchev–Trinajstić information content (AvgIpc) is 2.74. The number of aliphatic carboxylic acids is 2. The molecule has 2 N–H and O–H groups in total. The largest absolute Gasteiger partial charge is 0.490 e. The van der Waals surface area contributed by atoms with Crippen molar-refractivity contribution in [2.75, 3.05) is 13.2 Å². The third-order valence-corrected chi connectivity index (χ3v) is 5.11. The van der Waals surface area contributed by atoms with E-state index in [9.17, 15) is 22.8 Å². The van der Waals surface area contributed by atoms with Crippen molar-refractivity contribution in [2.45, 2.75) is 89.6 Å². The lowest BCUT2D eigenvalue weighted by molar-refractivity contribution is -0.138. The molecule has 0 radical (unpaired) electrons. The van der Waals surface area contributed by atoms with Crippen LogP contribution in [0.4, 0.5) is 13.2 Å². The fraction of sp³-hybridized carbons (Fsp3) is 0.667. The molecule has 1 aromatic rings. The van der Waals surface area contributed by atoms with Crippen LogP contribution in [-0.2, 0) is 15.8 Å². The number of halogens is 3. The van der Waals surface area contributed by atoms with Crippen LogP contribution in [0.3, 0.4) is 0 Å². The predicted molar refractivity (Wildman–Crippen MR) is 118 cm³/mol. The quantitative estimate of drug-likeness (QED) is 0.216. The summed E-state index contributed by atoms with van der Waals surface area (Å²) in [4.78, 5) is 21.0. The van der Waals surface area contributed by atoms with Gasteiger partial charge in [0.1, 0.15) is 0 Å². The number of carboxylic acid groups (broad SMARTS) is 2. The Morgan fingerprint density at radius 2 is 1.12 bits per heavy atom. The summed E-state index contributed by atoms with van der Waals surface area (Å²) in [6.45, 7) is 0.351. The van der Waals surface area contributed by atoms with Crippen LogP contribution < -0.4 is 9.47 Å². The molecule has 0 fully saturated rings. The molecule has 0 aliphatic rings. The topological polar surface area (TPSA) is 93.1 Å². The van der Waals surface area contributed by atoms with Gasteiger partial charge in [0.25, 0.3) is 0 Å². The summed E-state index contributed by atoms with van der Waals surface area (Å²) in [5, 5.41) is 17.2. The maximum Gasteiger partial charge on any atom is 0.416 e. The first-order valence-electron chi connectivity index (χ1n) is 11.6. The number of carbonyl (C=O) groups is 2. The highest BCUT2D eigenvalue weighted by atomic mass is 19.4. The highest BCUT2D eigenvalue weighted by molar-refractivity contribution is 5.66. The molecule has 0 amide bonds. The number of rotatable bonds is 19. The van der Waals surface area contributed by atoms with E-state index in [4.69, 9.17) is 19.7 Å². The molecular formula is C24H35F3O6. The summed E-state index contributed by atoms with van der Waals surface area (Å²) in [5.41, 5.74) is -0.843. The van der Waals surface area contributed by atoms with Crippen LogP contribution in [0.5, 0.6) is 11.5 Å². The third kappa shape index (κ3) is 14.3. The Morgan fingerprint density at radius 1 is 0.667 bits per heavy atom. The van der Waals surface area contributed by atoms with Gasteiger partial charge in [0.05, 0.1) is 18.8 Å². The lowest BCUT2D eigenvalue weighted by Gasteiger charge is -2.15. The number of benzene rings is 1. The second-order valence-electron chi connectivity index (χ2n) is 8.03. The Bertz CT molecular complexity index is 706. The molecule has 0 aliphatic heterocycles. The van der Waals surface area contributed by atoms with Crippen LogP contribution >= 0.6 is 0 Å². The summed E-state index contributed by atoms with van der Waals surface area (Å²) in [6.07, 6.45) is 5.83. The minimum absolute atomic E-state index is 0.0104. The molecule has 0 aliphatic carbocycles. The van der Waals surface area contributed by atoms with E-state index in [-0.39, 0.29) is 37.4 Å². The molecule has 9 heteroatoms. The number of hydrogen-bond donors (Lipinski definition) is 2. The van der Waals surface area contributed by atoms with Gasteiger partial charge in [-0.2, -0.15) is 13.2 Å². The lowest BCUT2D eigenvalue weighted by atomic mass is 10.1. The Morgan fingerprint density at radius 3 is 1.67 bits per heavy atom. The normalized spacial score (nSPS) is 11.4. The van der Waals surface area contributed by atoms with E-state index in [0.717, 1.165) is 76.3 Å². The van der Waals surface area contributed by atoms with E-state index in [1.807, 2.05) is 0 Å². The second kappa shape index (κ2) is 16.2. The molecule has 0 saturated heterocycles. The maximum atomic E-state index is 13.0. The van der Waals surface area contributed by atoms with Crippen LogP contribution in [0.2, 0.25) is 0 Å². The van der Waals surface area contributed by atoms with Gasteiger partial charge in [0, 0.05) is 12.8 Å². The lowest BCUT2D eigenvalue weighted by Crippen LogP contribution is -2.08. The van der Waals surface area contributed by atoms with Crippen molar-refractivity contribution in [1.82, 2.24) is 0 Å². The van der Waals surface area contributed by atoms with Crippen LogP contribution in [-0.4, -0.2) is 35.4 Å². The van der Waals surface area contributed by atoms with Gasteiger partial charge in [-0.05, 0) is 37.5 Å². The number of hydrogen-bond acceptors (Lipinski definition) is 4. The van der Waals surface area contributed by atoms with E-state index in [2.05, 4.69) is 0 Å². The summed E-state index contributed by atoms with van der Waals surface area (Å²) < 4.78 is 50.0. The van der Waals surface area contributed by atoms with Crippen molar-refractivity contribution in [3.05, 3.63) is 23.8 Å². The molecule has 1 aromatic carbocycles. The van der Waals surface area contributed by atoms with Gasteiger partial charge in [-0.15, -0.1) is 0 Å². The Labute approximate surface area is 193 Å². The minimum Gasteiger partial charge on any atom is -0.490 e. The van der Waals surface area contributed by atoms with Crippen molar-refractivity contribution in [2.24, 2.45) is 0 Å². The Balaban J connectivity index is 2.26. The molecule has 0 saturated carbocycles. The van der Waals surface area contributed by atoms with Crippen molar-refractivity contribution < 1.29 is 42.4 Å². The Kier molecular flexibility index (Phi) is 14.0. The van der Waals surface area contributed by atoms with Gasteiger partial charge in [-0.25, -0.2) is 0 Å². The molecule has 0 heterocycles. The van der Waals surface area contributed by atoms with Crippen molar-refractivity contribution in [3.63, 3.8) is 0 Å². The second-order valence-corrected chi connectivity index (χ2v) is 8.03. The van der Waals surface area contributed by atoms with Gasteiger partial charge in [0.15, 0.2) is 11.5 Å². The zero-order valence-electron chi connectivity index (χ0n) is 19.0. The monoisotopic (exact) mass is 476 g/mol. The van der Waals surface area contributed by atoms with Crippen LogP contribution in [0.1, 0.15) is 89.0 Å². The maximum absolute atomic E-state index is 13.0. The summed E-state index contributed by atoms with van der Waals surface area (Å²) in [6, 6.07) is 3.07. The summed E-state index contributed by atoms with van der Waals surface area (Å²) >= 11 is 0. The van der Waals surface area contributed by atoms with Crippen molar-refractivity contribution in [3.8, 4) is 11.5 Å². The molecule has 33 heavy (non-hydrogen) atoms. The first kappa shape index (κ1) is 28.6. The zero-order valence-corrected chi connectivity index (χ0v) is 19.0. The van der Waals surface area contributed by atoms with E-state index in [1.165, 1.54) is 6.07 Å². The van der Waals surface area contributed by atoms with E-state index in [0.29, 0.717) is 6.61 Å². The first-order chi connectivity index (χ1) is 15.7. The molecule has 0 spiro atoms. The van der Waals surface area contributed by atoms with E-state index in [1.54, 1.807) is 0 Å². The van der Waals surface area contributed by atoms with Crippen molar-refractivity contribution in [1.29, 1.82) is 0 Å². The van der Waals surface area contributed by atoms with Gasteiger partial charge < -0.3 is 19.7 Å². The van der Waals surface area contributed by atoms with Gasteiger partial charge in [-0.3, -0.25) is 9.59 Å². The molecule has 0 atom stereocenters.